The van der Waals surface area contributed by atoms with Crippen molar-refractivity contribution < 1.29 is 32.3 Å². The van der Waals surface area contributed by atoms with Crippen LogP contribution in [0.15, 0.2) is 83.9 Å². The van der Waals surface area contributed by atoms with E-state index in [2.05, 4.69) is 4.90 Å². The second-order valence-corrected chi connectivity index (χ2v) is 11.5. The fourth-order valence-electron chi connectivity index (χ4n) is 5.71. The van der Waals surface area contributed by atoms with Crippen LogP contribution in [0, 0.1) is 22.7 Å². The van der Waals surface area contributed by atoms with Gasteiger partial charge in [0.1, 0.15) is 5.75 Å². The molecule has 2 aliphatic heterocycles. The maximum atomic E-state index is 13.4. The van der Waals surface area contributed by atoms with Gasteiger partial charge in [-0.05, 0) is 75.2 Å². The first-order chi connectivity index (χ1) is 23.5. The topological polar surface area (TPSA) is 118 Å². The zero-order valence-electron chi connectivity index (χ0n) is 27.3. The molecule has 0 radical (unpaired) electrons. The number of carbonyl (C=O) groups is 3. The lowest BCUT2D eigenvalue weighted by Gasteiger charge is -2.35. The predicted molar refractivity (Wildman–Crippen MR) is 176 cm³/mol. The van der Waals surface area contributed by atoms with E-state index in [-0.39, 0.29) is 17.2 Å². The molecular weight excluding hydrogens is 635 g/mol. The van der Waals surface area contributed by atoms with Gasteiger partial charge in [0.05, 0.1) is 47.2 Å². The van der Waals surface area contributed by atoms with Crippen molar-refractivity contribution in [1.29, 1.82) is 10.5 Å². The number of hydrogen-bond donors (Lipinski definition) is 0. The van der Waals surface area contributed by atoms with E-state index in [1.807, 2.05) is 41.3 Å². The van der Waals surface area contributed by atoms with E-state index in [0.29, 0.717) is 54.4 Å². The summed E-state index contributed by atoms with van der Waals surface area (Å²) in [4.78, 5) is 43.6. The largest absolute Gasteiger partial charge is 0.496 e. The van der Waals surface area contributed by atoms with Gasteiger partial charge in [0.2, 0.25) is 0 Å². The van der Waals surface area contributed by atoms with Gasteiger partial charge in [-0.25, -0.2) is 4.90 Å². The first-order valence-electron chi connectivity index (χ1n) is 15.8. The van der Waals surface area contributed by atoms with E-state index in [1.165, 1.54) is 19.1 Å². The quantitative estimate of drug-likeness (QED) is 0.192. The number of benzene rings is 3. The average Bonchev–Trinajstić information content (AvgIpc) is 3.33. The highest BCUT2D eigenvalue weighted by atomic mass is 19.4. The summed E-state index contributed by atoms with van der Waals surface area (Å²) in [6, 6.07) is 22.7. The van der Waals surface area contributed by atoms with Crippen molar-refractivity contribution in [2.75, 3.05) is 44.7 Å². The molecule has 0 N–H and O–H groups in total. The molecule has 2 aliphatic rings. The third kappa shape index (κ3) is 8.92. The number of alkyl halides is 3. The summed E-state index contributed by atoms with van der Waals surface area (Å²) in [7, 11) is 1.54. The second-order valence-electron chi connectivity index (χ2n) is 11.5. The number of anilines is 1. The van der Waals surface area contributed by atoms with Crippen LogP contribution in [0.25, 0.3) is 0 Å². The molecule has 0 spiro atoms. The Morgan fingerprint density at radius 1 is 0.857 bits per heavy atom. The van der Waals surface area contributed by atoms with E-state index in [1.54, 1.807) is 31.4 Å². The van der Waals surface area contributed by atoms with Crippen molar-refractivity contribution >= 4 is 23.4 Å². The Morgan fingerprint density at radius 3 is 2.14 bits per heavy atom. The molecule has 5 rings (SSSR count). The number of imide groups is 1. The molecule has 0 unspecified atom stereocenters. The van der Waals surface area contributed by atoms with E-state index >= 15 is 0 Å². The van der Waals surface area contributed by atoms with Crippen LogP contribution in [0.3, 0.4) is 0 Å². The molecule has 3 aromatic carbocycles. The molecule has 49 heavy (non-hydrogen) atoms. The van der Waals surface area contributed by atoms with Crippen molar-refractivity contribution in [2.45, 2.75) is 38.8 Å². The molecule has 12 heteroatoms. The summed E-state index contributed by atoms with van der Waals surface area (Å²) in [5.74, 6) is -0.769. The van der Waals surface area contributed by atoms with Crippen molar-refractivity contribution in [2.24, 2.45) is 0 Å². The van der Waals surface area contributed by atoms with E-state index < -0.39 is 29.1 Å². The maximum absolute atomic E-state index is 13.4. The Balaban J connectivity index is 0.000000592. The Bertz CT molecular complexity index is 1790. The van der Waals surface area contributed by atoms with E-state index in [9.17, 15) is 27.6 Å². The van der Waals surface area contributed by atoms with Gasteiger partial charge in [-0.3, -0.25) is 19.3 Å². The van der Waals surface area contributed by atoms with Crippen LogP contribution in [0.4, 0.5) is 18.9 Å². The number of para-hydroxylation sites is 1. The van der Waals surface area contributed by atoms with Gasteiger partial charge in [-0.15, -0.1) is 0 Å². The third-order valence-electron chi connectivity index (χ3n) is 8.43. The number of halogens is 3. The summed E-state index contributed by atoms with van der Waals surface area (Å²) in [6.45, 7) is 5.06. The second kappa shape index (κ2) is 16.6. The highest BCUT2D eigenvalue weighted by Crippen LogP contribution is 2.37. The SMILES string of the molecule is COc1ccccc1C(=O)N1CCN(CCCCCC2=C(C)C(=O)N(c3ccc(C#N)c(C(F)(F)F)c3)C2=O)CC1.N#Cc1ccccc1. The van der Waals surface area contributed by atoms with Crippen LogP contribution in [0.2, 0.25) is 0 Å². The van der Waals surface area contributed by atoms with Crippen LogP contribution >= 0.6 is 0 Å². The van der Waals surface area contributed by atoms with Crippen LogP contribution in [0.1, 0.15) is 59.7 Å². The van der Waals surface area contributed by atoms with E-state index in [4.69, 9.17) is 15.3 Å². The standard InChI is InChI=1S/C30H31F3N4O4.C7H5N/c1-20-23(29(40)37(27(20)38)22-12-11-21(19-34)25(18-22)30(31,32)33)8-4-3-7-13-35-14-16-36(17-15-35)28(39)24-9-5-6-10-26(24)41-2;8-6-7-4-2-1-3-5-7/h5-6,9-12,18H,3-4,7-8,13-17H2,1-2H3;1-5H. The summed E-state index contributed by atoms with van der Waals surface area (Å²) in [5, 5.41) is 17.3. The number of ether oxygens (including phenoxy) is 1. The summed E-state index contributed by atoms with van der Waals surface area (Å²) in [5.41, 5.74) is -0.174. The van der Waals surface area contributed by atoms with Gasteiger partial charge >= 0.3 is 6.18 Å². The minimum atomic E-state index is -4.80. The van der Waals surface area contributed by atoms with Crippen LogP contribution in [-0.4, -0.2) is 67.4 Å². The first-order valence-corrected chi connectivity index (χ1v) is 15.8. The highest BCUT2D eigenvalue weighted by Gasteiger charge is 2.39. The van der Waals surface area contributed by atoms with Crippen LogP contribution in [0.5, 0.6) is 5.75 Å². The fraction of sp³-hybridized carbons (Fsp3) is 0.324. The fourth-order valence-corrected chi connectivity index (χ4v) is 5.71. The lowest BCUT2D eigenvalue weighted by Crippen LogP contribution is -2.48. The number of nitriles is 2. The van der Waals surface area contributed by atoms with Gasteiger partial charge in [0.25, 0.3) is 17.7 Å². The Morgan fingerprint density at radius 2 is 1.53 bits per heavy atom. The molecule has 0 atom stereocenters. The summed E-state index contributed by atoms with van der Waals surface area (Å²) < 4.78 is 45.5. The lowest BCUT2D eigenvalue weighted by molar-refractivity contribution is -0.138. The zero-order valence-corrected chi connectivity index (χ0v) is 27.3. The first kappa shape index (κ1) is 36.4. The average molecular weight is 672 g/mol. The smallest absolute Gasteiger partial charge is 0.417 e. The van der Waals surface area contributed by atoms with Gasteiger partial charge in [0.15, 0.2) is 0 Å². The Kier molecular flexibility index (Phi) is 12.3. The van der Waals surface area contributed by atoms with Gasteiger partial charge in [-0.1, -0.05) is 36.8 Å². The van der Waals surface area contributed by atoms with Crippen molar-refractivity contribution in [3.63, 3.8) is 0 Å². The molecule has 0 saturated carbocycles. The molecule has 0 aliphatic carbocycles. The molecule has 0 aromatic heterocycles. The lowest BCUT2D eigenvalue weighted by atomic mass is 10.0. The molecule has 0 bridgehead atoms. The Labute approximate surface area is 283 Å². The van der Waals surface area contributed by atoms with Gasteiger partial charge in [0, 0.05) is 37.3 Å². The van der Waals surface area contributed by atoms with Crippen molar-refractivity contribution in [1.82, 2.24) is 9.80 Å². The Hall–Kier alpha value is -5.46. The predicted octanol–water partition coefficient (Wildman–Crippen LogP) is 6.35. The number of carbonyl (C=O) groups excluding carboxylic acids is 3. The van der Waals surface area contributed by atoms with Crippen molar-refractivity contribution in [3.8, 4) is 17.9 Å². The molecule has 1 saturated heterocycles. The van der Waals surface area contributed by atoms with Crippen molar-refractivity contribution in [3.05, 3.63) is 106 Å². The van der Waals surface area contributed by atoms with Gasteiger partial charge in [-0.2, -0.15) is 23.7 Å². The number of methoxy groups -OCH3 is 1. The minimum absolute atomic E-state index is 0.0498. The molecule has 2 heterocycles. The minimum Gasteiger partial charge on any atom is -0.496 e. The normalized spacial score (nSPS) is 15.0. The molecular formula is C37H36F3N5O4. The number of unbranched alkanes of at least 4 members (excludes halogenated alkanes) is 2. The number of amides is 3. The zero-order chi connectivity index (χ0) is 35.6. The molecule has 9 nitrogen and oxygen atoms in total. The van der Waals surface area contributed by atoms with Crippen LogP contribution in [-0.2, 0) is 15.8 Å². The summed E-state index contributed by atoms with van der Waals surface area (Å²) >= 11 is 0. The molecule has 3 aromatic rings. The number of piperazine rings is 1. The van der Waals surface area contributed by atoms with Crippen LogP contribution < -0.4 is 9.64 Å². The molecule has 254 valence electrons. The number of hydrogen-bond acceptors (Lipinski definition) is 7. The molecule has 3 amide bonds. The summed E-state index contributed by atoms with van der Waals surface area (Å²) in [6.07, 6.45) is -2.14. The number of rotatable bonds is 9. The highest BCUT2D eigenvalue weighted by molar-refractivity contribution is 6.32. The molecule has 1 fully saturated rings. The van der Waals surface area contributed by atoms with Gasteiger partial charge < -0.3 is 9.64 Å². The monoisotopic (exact) mass is 671 g/mol. The maximum Gasteiger partial charge on any atom is 0.417 e. The van der Waals surface area contributed by atoms with E-state index in [0.717, 1.165) is 43.4 Å². The number of nitrogens with zero attached hydrogens (tertiary/aromatic N) is 5. The third-order valence-corrected chi connectivity index (χ3v) is 8.43.